The summed E-state index contributed by atoms with van der Waals surface area (Å²) in [6, 6.07) is 13.1. The predicted molar refractivity (Wildman–Crippen MR) is 107 cm³/mol. The first-order valence-electron chi connectivity index (χ1n) is 8.16. The number of thioether (sulfide) groups is 1. The molecule has 1 aliphatic rings. The zero-order valence-corrected chi connectivity index (χ0v) is 15.6. The molecule has 0 bridgehead atoms. The highest BCUT2D eigenvalue weighted by Crippen LogP contribution is 2.30. The van der Waals surface area contributed by atoms with Gasteiger partial charge in [0.1, 0.15) is 0 Å². The van der Waals surface area contributed by atoms with Crippen molar-refractivity contribution in [3.63, 3.8) is 0 Å². The Bertz CT molecular complexity index is 910. The average Bonchev–Trinajstić information content (AvgIpc) is 2.97. The van der Waals surface area contributed by atoms with E-state index in [2.05, 4.69) is 15.6 Å². The molecule has 1 heterocycles. The molecule has 0 atom stereocenters. The molecule has 0 unspecified atom stereocenters. The summed E-state index contributed by atoms with van der Waals surface area (Å²) in [6.07, 6.45) is 1.79. The van der Waals surface area contributed by atoms with E-state index in [1.807, 2.05) is 44.2 Å². The smallest absolute Gasteiger partial charge is 0.264 e. The number of nitrogens with zero attached hydrogens (tertiary/aromatic N) is 1. The second-order valence-electron chi connectivity index (χ2n) is 5.92. The van der Waals surface area contributed by atoms with Gasteiger partial charge in [-0.2, -0.15) is 0 Å². The molecule has 0 aliphatic carbocycles. The Morgan fingerprint density at radius 3 is 2.38 bits per heavy atom. The summed E-state index contributed by atoms with van der Waals surface area (Å²) in [4.78, 5) is 29.0. The van der Waals surface area contributed by atoms with Crippen LogP contribution in [-0.4, -0.2) is 24.0 Å². The minimum absolute atomic E-state index is 0.139. The van der Waals surface area contributed by atoms with Crippen LogP contribution < -0.4 is 10.6 Å². The maximum absolute atomic E-state index is 12.2. The van der Waals surface area contributed by atoms with Crippen LogP contribution in [-0.2, 0) is 4.79 Å². The number of para-hydroxylation sites is 1. The van der Waals surface area contributed by atoms with Crippen LogP contribution in [0.15, 0.2) is 52.4 Å². The molecule has 2 N–H and O–H groups in total. The van der Waals surface area contributed by atoms with Crippen LogP contribution in [0.4, 0.5) is 5.69 Å². The van der Waals surface area contributed by atoms with Crippen LogP contribution in [0.3, 0.4) is 0 Å². The number of benzene rings is 2. The Hall–Kier alpha value is -2.86. The third kappa shape index (κ3) is 3.86. The predicted octanol–water partition coefficient (Wildman–Crippen LogP) is 3.55. The fourth-order valence-electron chi connectivity index (χ4n) is 2.59. The molecule has 1 saturated heterocycles. The van der Waals surface area contributed by atoms with Crippen molar-refractivity contribution in [2.24, 2.45) is 4.99 Å². The molecule has 26 heavy (non-hydrogen) atoms. The monoisotopic (exact) mass is 365 g/mol. The molecule has 132 valence electrons. The van der Waals surface area contributed by atoms with Gasteiger partial charge in [-0.3, -0.25) is 9.59 Å². The Labute approximate surface area is 156 Å². The number of nitrogens with one attached hydrogen (secondary N) is 2. The lowest BCUT2D eigenvalue weighted by atomic mass is 10.1. The van der Waals surface area contributed by atoms with Crippen LogP contribution in [0.5, 0.6) is 0 Å². The van der Waals surface area contributed by atoms with Crippen LogP contribution >= 0.6 is 11.8 Å². The Balaban J connectivity index is 1.82. The van der Waals surface area contributed by atoms with Crippen molar-refractivity contribution in [1.29, 1.82) is 0 Å². The SMILES string of the molecule is CNC(=O)c1ccc(/C=C2\SC(=Nc3c(C)cccc3C)NC2=O)cc1. The van der Waals surface area contributed by atoms with Crippen molar-refractivity contribution in [2.45, 2.75) is 13.8 Å². The quantitative estimate of drug-likeness (QED) is 0.817. The number of rotatable bonds is 3. The van der Waals surface area contributed by atoms with Gasteiger partial charge in [-0.15, -0.1) is 0 Å². The highest BCUT2D eigenvalue weighted by Gasteiger charge is 2.24. The summed E-state index contributed by atoms with van der Waals surface area (Å²) < 4.78 is 0. The third-order valence-corrected chi connectivity index (χ3v) is 4.91. The van der Waals surface area contributed by atoms with Crippen molar-refractivity contribution < 1.29 is 9.59 Å². The summed E-state index contributed by atoms with van der Waals surface area (Å²) in [5.74, 6) is -0.310. The van der Waals surface area contributed by atoms with Gasteiger partial charge in [0.05, 0.1) is 10.6 Å². The summed E-state index contributed by atoms with van der Waals surface area (Å²) in [5, 5.41) is 5.96. The van der Waals surface area contributed by atoms with Gasteiger partial charge in [-0.05, 0) is 60.5 Å². The van der Waals surface area contributed by atoms with E-state index in [1.54, 1.807) is 25.3 Å². The second-order valence-corrected chi connectivity index (χ2v) is 6.95. The van der Waals surface area contributed by atoms with E-state index in [0.717, 1.165) is 22.4 Å². The second kappa shape index (κ2) is 7.58. The van der Waals surface area contributed by atoms with E-state index in [4.69, 9.17) is 0 Å². The fraction of sp³-hybridized carbons (Fsp3) is 0.150. The van der Waals surface area contributed by atoms with E-state index >= 15 is 0 Å². The van der Waals surface area contributed by atoms with Crippen molar-refractivity contribution >= 4 is 40.5 Å². The van der Waals surface area contributed by atoms with Gasteiger partial charge >= 0.3 is 0 Å². The van der Waals surface area contributed by atoms with Crippen molar-refractivity contribution in [2.75, 3.05) is 7.05 Å². The molecule has 3 rings (SSSR count). The minimum atomic E-state index is -0.171. The Morgan fingerprint density at radius 2 is 1.77 bits per heavy atom. The third-order valence-electron chi connectivity index (χ3n) is 4.00. The zero-order valence-electron chi connectivity index (χ0n) is 14.8. The van der Waals surface area contributed by atoms with Crippen LogP contribution in [0, 0.1) is 13.8 Å². The number of amidine groups is 1. The molecule has 0 radical (unpaired) electrons. The molecule has 1 aliphatic heterocycles. The van der Waals surface area contributed by atoms with E-state index in [9.17, 15) is 9.59 Å². The molecule has 0 spiro atoms. The first-order valence-corrected chi connectivity index (χ1v) is 8.97. The van der Waals surface area contributed by atoms with E-state index in [-0.39, 0.29) is 11.8 Å². The largest absolute Gasteiger partial charge is 0.355 e. The zero-order chi connectivity index (χ0) is 18.7. The van der Waals surface area contributed by atoms with Gasteiger partial charge in [0.2, 0.25) is 0 Å². The number of amides is 2. The van der Waals surface area contributed by atoms with Gasteiger partial charge in [-0.25, -0.2) is 4.99 Å². The number of hydrogen-bond acceptors (Lipinski definition) is 4. The normalized spacial score (nSPS) is 16.8. The maximum Gasteiger partial charge on any atom is 0.264 e. The number of aryl methyl sites for hydroxylation is 2. The van der Waals surface area contributed by atoms with Gasteiger partial charge in [-0.1, -0.05) is 30.3 Å². The highest BCUT2D eigenvalue weighted by molar-refractivity contribution is 8.18. The van der Waals surface area contributed by atoms with Gasteiger partial charge in [0, 0.05) is 12.6 Å². The molecule has 2 amide bonds. The summed E-state index contributed by atoms with van der Waals surface area (Å²) >= 11 is 1.31. The molecule has 1 fully saturated rings. The molecule has 6 heteroatoms. The lowest BCUT2D eigenvalue weighted by Crippen LogP contribution is -2.19. The number of carbonyl (C=O) groups is 2. The maximum atomic E-state index is 12.2. The standard InChI is InChI=1S/C20H19N3O2S/c1-12-5-4-6-13(2)17(12)22-20-23-19(25)16(26-20)11-14-7-9-15(10-8-14)18(24)21-3/h4-11H,1-3H3,(H,21,24)(H,22,23,25)/b16-11-. The van der Waals surface area contributed by atoms with Crippen LogP contribution in [0.2, 0.25) is 0 Å². The fourth-order valence-corrected chi connectivity index (χ4v) is 3.42. The van der Waals surface area contributed by atoms with Gasteiger partial charge < -0.3 is 10.6 Å². The van der Waals surface area contributed by atoms with Crippen LogP contribution in [0.1, 0.15) is 27.0 Å². The average molecular weight is 365 g/mol. The first-order chi connectivity index (χ1) is 12.5. The van der Waals surface area contributed by atoms with Crippen molar-refractivity contribution in [1.82, 2.24) is 10.6 Å². The molecule has 2 aromatic carbocycles. The molecule has 0 aromatic heterocycles. The van der Waals surface area contributed by atoms with Gasteiger partial charge in [0.25, 0.3) is 11.8 Å². The lowest BCUT2D eigenvalue weighted by molar-refractivity contribution is -0.115. The highest BCUT2D eigenvalue weighted by atomic mass is 32.2. The molecule has 5 nitrogen and oxygen atoms in total. The van der Waals surface area contributed by atoms with Crippen LogP contribution in [0.25, 0.3) is 6.08 Å². The van der Waals surface area contributed by atoms with E-state index < -0.39 is 0 Å². The Morgan fingerprint density at radius 1 is 1.12 bits per heavy atom. The van der Waals surface area contributed by atoms with Crippen molar-refractivity contribution in [3.8, 4) is 0 Å². The Kier molecular flexibility index (Phi) is 5.23. The molecular formula is C20H19N3O2S. The van der Waals surface area contributed by atoms with E-state index in [1.165, 1.54) is 11.8 Å². The number of aliphatic imine (C=N–C) groups is 1. The topological polar surface area (TPSA) is 70.6 Å². The summed E-state index contributed by atoms with van der Waals surface area (Å²) in [7, 11) is 1.59. The molecule has 2 aromatic rings. The van der Waals surface area contributed by atoms with Crippen molar-refractivity contribution in [3.05, 3.63) is 69.6 Å². The number of hydrogen-bond donors (Lipinski definition) is 2. The van der Waals surface area contributed by atoms with Gasteiger partial charge in [0.15, 0.2) is 5.17 Å². The number of carbonyl (C=O) groups excluding carboxylic acids is 2. The molecule has 0 saturated carbocycles. The lowest BCUT2D eigenvalue weighted by Gasteiger charge is -2.04. The summed E-state index contributed by atoms with van der Waals surface area (Å²) in [5.41, 5.74) is 4.44. The minimum Gasteiger partial charge on any atom is -0.355 e. The summed E-state index contributed by atoms with van der Waals surface area (Å²) in [6.45, 7) is 4.00. The van der Waals surface area contributed by atoms with E-state index in [0.29, 0.717) is 15.6 Å². The first kappa shape index (κ1) is 17.9. The molecular weight excluding hydrogens is 346 g/mol.